The summed E-state index contributed by atoms with van der Waals surface area (Å²) >= 11 is 1.53. The molecule has 1 fully saturated rings. The van der Waals surface area contributed by atoms with E-state index in [9.17, 15) is 9.59 Å². The van der Waals surface area contributed by atoms with Gasteiger partial charge in [-0.2, -0.15) is 5.10 Å². The first-order valence-corrected chi connectivity index (χ1v) is 14.3. The average Bonchev–Trinajstić information content (AvgIpc) is 3.55. The second kappa shape index (κ2) is 9.91. The van der Waals surface area contributed by atoms with E-state index in [1.54, 1.807) is 15.4 Å². The second-order valence-corrected chi connectivity index (χ2v) is 12.0. The predicted octanol–water partition coefficient (Wildman–Crippen LogP) is 5.03. The number of nitrogens with zero attached hydrogens (tertiary/aromatic N) is 5. The lowest BCUT2D eigenvalue weighted by molar-refractivity contribution is -0.151. The highest BCUT2D eigenvalue weighted by Gasteiger charge is 2.46. The molecule has 2 aromatic heterocycles. The highest BCUT2D eigenvalue weighted by Crippen LogP contribution is 2.38. The minimum atomic E-state index is -0.600. The monoisotopic (exact) mass is 523 g/mol. The van der Waals surface area contributed by atoms with Gasteiger partial charge in [0.25, 0.3) is 5.56 Å². The number of thioether (sulfide) groups is 1. The number of aromatic nitrogens is 4. The van der Waals surface area contributed by atoms with Crippen molar-refractivity contribution in [3.8, 4) is 5.69 Å². The predicted molar refractivity (Wildman–Crippen MR) is 146 cm³/mol. The first kappa shape index (κ1) is 26.0. The Bertz CT molecular complexity index is 1400. The minimum Gasteiger partial charge on any atom is -0.354 e. The molecule has 0 spiro atoms. The number of aryl methyl sites for hydroxylation is 2. The molecule has 198 valence electrons. The van der Waals surface area contributed by atoms with Crippen LogP contribution in [0.5, 0.6) is 0 Å². The molecule has 3 unspecified atom stereocenters. The normalized spacial score (nSPS) is 23.4. The largest absolute Gasteiger partial charge is 0.354 e. The number of hydrogen-bond donors (Lipinski definition) is 0. The van der Waals surface area contributed by atoms with Crippen LogP contribution < -0.4 is 5.56 Å². The van der Waals surface area contributed by atoms with E-state index < -0.39 is 5.72 Å². The molecule has 0 N–H and O–H groups in total. The van der Waals surface area contributed by atoms with Gasteiger partial charge < -0.3 is 9.64 Å². The van der Waals surface area contributed by atoms with E-state index in [1.165, 1.54) is 17.3 Å². The lowest BCUT2D eigenvalue weighted by atomic mass is 9.99. The van der Waals surface area contributed by atoms with Crippen molar-refractivity contribution in [2.45, 2.75) is 90.2 Å². The summed E-state index contributed by atoms with van der Waals surface area (Å²) in [6, 6.07) is 5.92. The molecule has 8 nitrogen and oxygen atoms in total. The Morgan fingerprint density at radius 3 is 2.73 bits per heavy atom. The van der Waals surface area contributed by atoms with Crippen molar-refractivity contribution in [1.82, 2.24) is 24.2 Å². The molecule has 3 atom stereocenters. The van der Waals surface area contributed by atoms with Gasteiger partial charge in [0.2, 0.25) is 5.91 Å². The molecule has 37 heavy (non-hydrogen) atoms. The summed E-state index contributed by atoms with van der Waals surface area (Å²) in [7, 11) is 0. The van der Waals surface area contributed by atoms with Crippen molar-refractivity contribution in [3.63, 3.8) is 0 Å². The highest BCUT2D eigenvalue weighted by atomic mass is 32.2. The number of benzene rings is 1. The fourth-order valence-electron chi connectivity index (χ4n) is 5.45. The molecule has 5 rings (SSSR count). The quantitative estimate of drug-likeness (QED) is 0.404. The maximum atomic E-state index is 13.7. The summed E-state index contributed by atoms with van der Waals surface area (Å²) in [6.07, 6.45) is 4.50. The van der Waals surface area contributed by atoms with E-state index in [-0.39, 0.29) is 30.0 Å². The van der Waals surface area contributed by atoms with Gasteiger partial charge in [-0.3, -0.25) is 14.2 Å². The number of rotatable bonds is 7. The molecule has 1 aromatic carbocycles. The lowest BCUT2D eigenvalue weighted by Gasteiger charge is -2.37. The molecular formula is C28H37N5O3S. The zero-order valence-electron chi connectivity index (χ0n) is 22.7. The maximum Gasteiger partial charge on any atom is 0.265 e. The van der Waals surface area contributed by atoms with Crippen LogP contribution in [-0.4, -0.2) is 54.3 Å². The van der Waals surface area contributed by atoms with Crippen LogP contribution in [0.2, 0.25) is 0 Å². The summed E-state index contributed by atoms with van der Waals surface area (Å²) in [6.45, 7) is 13.2. The van der Waals surface area contributed by atoms with Crippen molar-refractivity contribution in [2.75, 3.05) is 12.4 Å². The number of fused-ring (bicyclic) bond motifs is 2. The van der Waals surface area contributed by atoms with E-state index in [0.29, 0.717) is 34.5 Å². The third-order valence-electron chi connectivity index (χ3n) is 7.90. The maximum absolute atomic E-state index is 13.7. The summed E-state index contributed by atoms with van der Waals surface area (Å²) < 4.78 is 9.65. The van der Waals surface area contributed by atoms with Crippen molar-refractivity contribution >= 4 is 28.7 Å². The van der Waals surface area contributed by atoms with Crippen LogP contribution in [0.4, 0.5) is 0 Å². The van der Waals surface area contributed by atoms with Crippen molar-refractivity contribution < 1.29 is 9.53 Å². The molecule has 9 heteroatoms. The molecule has 2 aliphatic heterocycles. The van der Waals surface area contributed by atoms with Crippen LogP contribution in [0, 0.1) is 19.8 Å². The average molecular weight is 524 g/mol. The SMILES string of the molecule is CCC1COC(C)(CCC(C)C)N1C(=O)CC1CSc2nc3c(cnn3-c3ccc(C)c(C)c3)c(=O)n21. The van der Waals surface area contributed by atoms with Crippen LogP contribution in [0.25, 0.3) is 16.7 Å². The smallest absolute Gasteiger partial charge is 0.265 e. The number of hydrogen-bond acceptors (Lipinski definition) is 6. The summed E-state index contributed by atoms with van der Waals surface area (Å²) in [5, 5.41) is 5.62. The van der Waals surface area contributed by atoms with Gasteiger partial charge in [-0.25, -0.2) is 9.67 Å². The Morgan fingerprint density at radius 1 is 1.24 bits per heavy atom. The summed E-state index contributed by atoms with van der Waals surface area (Å²) in [5.74, 6) is 1.23. The zero-order chi connectivity index (χ0) is 26.5. The zero-order valence-corrected chi connectivity index (χ0v) is 23.5. The molecule has 0 saturated carbocycles. The van der Waals surface area contributed by atoms with E-state index in [0.717, 1.165) is 30.5 Å². The molecule has 2 aliphatic rings. The van der Waals surface area contributed by atoms with E-state index in [4.69, 9.17) is 9.72 Å². The van der Waals surface area contributed by atoms with Crippen molar-refractivity contribution in [2.24, 2.45) is 5.92 Å². The number of amides is 1. The molecule has 1 amide bonds. The topological polar surface area (TPSA) is 82.2 Å². The van der Waals surface area contributed by atoms with Gasteiger partial charge in [0.15, 0.2) is 10.8 Å². The number of ether oxygens (including phenoxy) is 1. The summed E-state index contributed by atoms with van der Waals surface area (Å²) in [5.41, 5.74) is 3.06. The first-order valence-electron chi connectivity index (χ1n) is 13.3. The molecule has 0 radical (unpaired) electrons. The molecule has 4 heterocycles. The Morgan fingerprint density at radius 2 is 2.03 bits per heavy atom. The Kier molecular flexibility index (Phi) is 6.96. The third-order valence-corrected chi connectivity index (χ3v) is 9.00. The van der Waals surface area contributed by atoms with Crippen LogP contribution in [0.1, 0.15) is 70.5 Å². The Labute approximate surface area is 222 Å². The minimum absolute atomic E-state index is 0.0480. The lowest BCUT2D eigenvalue weighted by Crippen LogP contribution is -2.50. The van der Waals surface area contributed by atoms with E-state index in [2.05, 4.69) is 51.9 Å². The van der Waals surface area contributed by atoms with E-state index >= 15 is 0 Å². The van der Waals surface area contributed by atoms with Gasteiger partial charge in [-0.15, -0.1) is 0 Å². The van der Waals surface area contributed by atoms with Crippen molar-refractivity contribution in [1.29, 1.82) is 0 Å². The standard InChI is InChI=1S/C28H37N5O3S/c1-7-20-15-36-28(6,11-10-17(2)3)32(20)24(34)13-22-16-37-27-30-25-23(26(35)31(22)27)14-29-33(25)21-9-8-18(4)19(5)12-21/h8-9,12,14,17,20,22H,7,10-11,13,15-16H2,1-6H3. The van der Waals surface area contributed by atoms with Crippen LogP contribution in [0.15, 0.2) is 34.3 Å². The highest BCUT2D eigenvalue weighted by molar-refractivity contribution is 7.99. The van der Waals surface area contributed by atoms with Gasteiger partial charge in [0.1, 0.15) is 11.1 Å². The number of carbonyl (C=O) groups is 1. The van der Waals surface area contributed by atoms with Gasteiger partial charge >= 0.3 is 0 Å². The Balaban J connectivity index is 1.44. The van der Waals surface area contributed by atoms with Crippen LogP contribution >= 0.6 is 11.8 Å². The van der Waals surface area contributed by atoms with Gasteiger partial charge in [-0.1, -0.05) is 38.6 Å². The van der Waals surface area contributed by atoms with Crippen LogP contribution in [0.3, 0.4) is 0 Å². The van der Waals surface area contributed by atoms with Crippen LogP contribution in [-0.2, 0) is 9.53 Å². The first-order chi connectivity index (χ1) is 17.6. The molecule has 0 aliphatic carbocycles. The molecular weight excluding hydrogens is 486 g/mol. The molecule has 3 aromatic rings. The third kappa shape index (κ3) is 4.61. The van der Waals surface area contributed by atoms with Crippen molar-refractivity contribution in [3.05, 3.63) is 45.9 Å². The fourth-order valence-corrected chi connectivity index (χ4v) is 6.58. The molecule has 1 saturated heterocycles. The fraction of sp³-hybridized carbons (Fsp3) is 0.571. The Hall–Kier alpha value is -2.65. The van der Waals surface area contributed by atoms with Gasteiger partial charge in [-0.05, 0) is 69.2 Å². The summed E-state index contributed by atoms with van der Waals surface area (Å²) in [4.78, 5) is 34.2. The van der Waals surface area contributed by atoms with Gasteiger partial charge in [0, 0.05) is 12.2 Å². The van der Waals surface area contributed by atoms with Gasteiger partial charge in [0.05, 0.1) is 30.6 Å². The van der Waals surface area contributed by atoms with E-state index in [1.807, 2.05) is 17.9 Å². The molecule has 0 bridgehead atoms. The number of carbonyl (C=O) groups excluding carboxylic acids is 1. The second-order valence-electron chi connectivity index (χ2n) is 11.0.